The number of benzene rings is 2. The fourth-order valence-electron chi connectivity index (χ4n) is 4.50. The van der Waals surface area contributed by atoms with Gasteiger partial charge >= 0.3 is 5.69 Å². The average Bonchev–Trinajstić information content (AvgIpc) is 3.57. The summed E-state index contributed by atoms with van der Waals surface area (Å²) in [4.78, 5) is 17.5. The summed E-state index contributed by atoms with van der Waals surface area (Å²) >= 11 is 6.46. The molecule has 0 spiro atoms. The van der Waals surface area contributed by atoms with Crippen LogP contribution in [0.2, 0.25) is 5.02 Å². The van der Waals surface area contributed by atoms with Crippen LogP contribution in [0, 0.1) is 0 Å². The van der Waals surface area contributed by atoms with Gasteiger partial charge in [-0.1, -0.05) is 67.4 Å². The molecule has 1 N–H and O–H groups in total. The number of halogens is 1. The molecule has 0 saturated carbocycles. The van der Waals surface area contributed by atoms with Crippen LogP contribution in [0.4, 0.5) is 0 Å². The molecule has 3 heterocycles. The van der Waals surface area contributed by atoms with Crippen LogP contribution in [-0.2, 0) is 13.0 Å². The molecule has 0 bridgehead atoms. The van der Waals surface area contributed by atoms with Crippen LogP contribution in [0.3, 0.4) is 0 Å². The number of hydrogen-bond donors (Lipinski definition) is 1. The molecule has 3 aromatic heterocycles. The van der Waals surface area contributed by atoms with Crippen molar-refractivity contribution in [2.45, 2.75) is 38.8 Å². The topological polar surface area (TPSA) is 94.3 Å². The standard InChI is InChI=1S/C27H26ClN7O/c1-2-5-25(22-6-3-4-7-24(22)28)35-17-16-34(27(35)36)15-13-19-8-10-20(11-9-19)23-18-29-14-12-21(23)26-30-32-33-31-26/h3-4,6-12,14,16-18,25H,2,5,13,15H2,1H3,(H,30,31,32,33). The first kappa shape index (κ1) is 23.7. The van der Waals surface area contributed by atoms with Gasteiger partial charge in [0.15, 0.2) is 5.82 Å². The highest BCUT2D eigenvalue weighted by molar-refractivity contribution is 6.31. The van der Waals surface area contributed by atoms with Gasteiger partial charge < -0.3 is 0 Å². The molecule has 0 fully saturated rings. The minimum absolute atomic E-state index is 0.0225. The predicted octanol–water partition coefficient (Wildman–Crippen LogP) is 5.18. The molecule has 9 heteroatoms. The maximum atomic E-state index is 13.2. The van der Waals surface area contributed by atoms with Crippen molar-refractivity contribution < 1.29 is 0 Å². The van der Waals surface area contributed by atoms with Crippen molar-refractivity contribution in [3.8, 4) is 22.5 Å². The van der Waals surface area contributed by atoms with Gasteiger partial charge in [0, 0.05) is 47.5 Å². The molecule has 36 heavy (non-hydrogen) atoms. The van der Waals surface area contributed by atoms with Crippen molar-refractivity contribution in [1.82, 2.24) is 34.7 Å². The minimum Gasteiger partial charge on any atom is -0.299 e. The summed E-state index contributed by atoms with van der Waals surface area (Å²) in [5, 5.41) is 14.9. The first-order valence-electron chi connectivity index (χ1n) is 11.9. The van der Waals surface area contributed by atoms with Gasteiger partial charge in [-0.25, -0.2) is 9.89 Å². The highest BCUT2D eigenvalue weighted by atomic mass is 35.5. The molecule has 0 amide bonds. The van der Waals surface area contributed by atoms with Crippen LogP contribution >= 0.6 is 11.6 Å². The van der Waals surface area contributed by atoms with Gasteiger partial charge in [-0.05, 0) is 52.1 Å². The van der Waals surface area contributed by atoms with E-state index in [4.69, 9.17) is 11.6 Å². The third-order valence-electron chi connectivity index (χ3n) is 6.36. The number of rotatable bonds is 9. The molecule has 2 aromatic carbocycles. The molecule has 5 rings (SSSR count). The number of aryl methyl sites for hydroxylation is 2. The lowest BCUT2D eigenvalue weighted by Crippen LogP contribution is -2.28. The number of aromatic nitrogens is 7. The summed E-state index contributed by atoms with van der Waals surface area (Å²) in [7, 11) is 0. The molecule has 1 unspecified atom stereocenters. The van der Waals surface area contributed by atoms with Crippen molar-refractivity contribution in [2.75, 3.05) is 0 Å². The van der Waals surface area contributed by atoms with E-state index < -0.39 is 0 Å². The second-order valence-electron chi connectivity index (χ2n) is 8.63. The molecule has 0 saturated heterocycles. The second kappa shape index (κ2) is 10.7. The Morgan fingerprint density at radius 1 is 1.03 bits per heavy atom. The number of H-pyrrole nitrogens is 1. The van der Waals surface area contributed by atoms with E-state index in [9.17, 15) is 4.79 Å². The van der Waals surface area contributed by atoms with Gasteiger partial charge in [-0.3, -0.25) is 14.1 Å². The molecule has 182 valence electrons. The monoisotopic (exact) mass is 499 g/mol. The Hall–Kier alpha value is -4.04. The van der Waals surface area contributed by atoms with Crippen molar-refractivity contribution in [3.05, 3.63) is 106 Å². The SMILES string of the molecule is CCCC(c1ccccc1Cl)n1ccn(CCc2ccc(-c3cnccc3-c3nnn[nH]3)cc2)c1=O. The summed E-state index contributed by atoms with van der Waals surface area (Å²) in [5.41, 5.74) is 4.94. The number of imidazole rings is 1. The molecular formula is C27H26ClN7O. The summed E-state index contributed by atoms with van der Waals surface area (Å²) < 4.78 is 3.57. The molecule has 5 aromatic rings. The van der Waals surface area contributed by atoms with Crippen LogP contribution in [0.1, 0.15) is 36.9 Å². The number of nitrogens with one attached hydrogen (secondary N) is 1. The van der Waals surface area contributed by atoms with Crippen LogP contribution in [0.5, 0.6) is 0 Å². The molecular weight excluding hydrogens is 474 g/mol. The predicted molar refractivity (Wildman–Crippen MR) is 140 cm³/mol. The minimum atomic E-state index is -0.0787. The molecule has 0 radical (unpaired) electrons. The molecule has 0 aliphatic heterocycles. The Morgan fingerprint density at radius 3 is 2.61 bits per heavy atom. The Labute approximate surface area is 213 Å². The van der Waals surface area contributed by atoms with Gasteiger partial charge in [-0.2, -0.15) is 0 Å². The summed E-state index contributed by atoms with van der Waals surface area (Å²) in [5.74, 6) is 0.596. The first-order chi connectivity index (χ1) is 17.7. The Balaban J connectivity index is 1.32. The van der Waals surface area contributed by atoms with Crippen molar-refractivity contribution in [3.63, 3.8) is 0 Å². The van der Waals surface area contributed by atoms with E-state index in [1.54, 1.807) is 21.5 Å². The lowest BCUT2D eigenvalue weighted by molar-refractivity contribution is 0.504. The highest BCUT2D eigenvalue weighted by Crippen LogP contribution is 2.30. The van der Waals surface area contributed by atoms with Crippen LogP contribution in [0.15, 0.2) is 84.2 Å². The fourth-order valence-corrected chi connectivity index (χ4v) is 4.77. The third kappa shape index (κ3) is 4.85. The van der Waals surface area contributed by atoms with E-state index in [1.807, 2.05) is 42.7 Å². The Morgan fingerprint density at radius 2 is 1.86 bits per heavy atom. The quantitative estimate of drug-likeness (QED) is 0.301. The van der Waals surface area contributed by atoms with Crippen molar-refractivity contribution in [2.24, 2.45) is 0 Å². The lowest BCUT2D eigenvalue weighted by atomic mass is 10.00. The number of nitrogens with zero attached hydrogens (tertiary/aromatic N) is 6. The normalized spacial score (nSPS) is 12.1. The maximum Gasteiger partial charge on any atom is 0.328 e. The number of hydrogen-bond acceptors (Lipinski definition) is 5. The zero-order valence-electron chi connectivity index (χ0n) is 19.9. The van der Waals surface area contributed by atoms with E-state index in [0.717, 1.165) is 47.1 Å². The van der Waals surface area contributed by atoms with E-state index >= 15 is 0 Å². The van der Waals surface area contributed by atoms with Crippen LogP contribution < -0.4 is 5.69 Å². The van der Waals surface area contributed by atoms with E-state index in [2.05, 4.69) is 56.8 Å². The molecule has 8 nitrogen and oxygen atoms in total. The number of pyridine rings is 1. The number of aromatic amines is 1. The van der Waals surface area contributed by atoms with Gasteiger partial charge in [0.2, 0.25) is 0 Å². The fraction of sp³-hybridized carbons (Fsp3) is 0.222. The average molecular weight is 500 g/mol. The highest BCUT2D eigenvalue weighted by Gasteiger charge is 2.19. The van der Waals surface area contributed by atoms with Gasteiger partial charge in [-0.15, -0.1) is 5.10 Å². The van der Waals surface area contributed by atoms with Crippen LogP contribution in [-0.4, -0.2) is 34.7 Å². The molecule has 0 aliphatic rings. The first-order valence-corrected chi connectivity index (χ1v) is 12.3. The smallest absolute Gasteiger partial charge is 0.299 e. The second-order valence-corrected chi connectivity index (χ2v) is 9.03. The molecule has 0 aliphatic carbocycles. The third-order valence-corrected chi connectivity index (χ3v) is 6.71. The van der Waals surface area contributed by atoms with Gasteiger partial charge in [0.1, 0.15) is 0 Å². The zero-order chi connectivity index (χ0) is 24.9. The van der Waals surface area contributed by atoms with Gasteiger partial charge in [0.05, 0.1) is 6.04 Å². The molecule has 1 atom stereocenters. The lowest BCUT2D eigenvalue weighted by Gasteiger charge is -2.19. The van der Waals surface area contributed by atoms with E-state index in [-0.39, 0.29) is 11.7 Å². The maximum absolute atomic E-state index is 13.2. The summed E-state index contributed by atoms with van der Waals surface area (Å²) in [6, 6.07) is 17.8. The largest absolute Gasteiger partial charge is 0.328 e. The van der Waals surface area contributed by atoms with E-state index in [1.165, 1.54) is 0 Å². The zero-order valence-corrected chi connectivity index (χ0v) is 20.6. The van der Waals surface area contributed by atoms with Crippen molar-refractivity contribution in [1.29, 1.82) is 0 Å². The van der Waals surface area contributed by atoms with E-state index in [0.29, 0.717) is 17.4 Å². The summed E-state index contributed by atoms with van der Waals surface area (Å²) in [6.45, 7) is 2.71. The Bertz CT molecular complexity index is 1490. The van der Waals surface area contributed by atoms with Crippen LogP contribution in [0.25, 0.3) is 22.5 Å². The summed E-state index contributed by atoms with van der Waals surface area (Å²) in [6.07, 6.45) is 9.79. The Kier molecular flexibility index (Phi) is 7.04. The van der Waals surface area contributed by atoms with Crippen molar-refractivity contribution >= 4 is 11.6 Å². The number of tetrazole rings is 1. The van der Waals surface area contributed by atoms with Gasteiger partial charge in [0.25, 0.3) is 0 Å².